The quantitative estimate of drug-likeness (QED) is 0.655. The van der Waals surface area contributed by atoms with Gasteiger partial charge in [0.2, 0.25) is 0 Å². The molecule has 0 atom stereocenters. The van der Waals surface area contributed by atoms with Crippen LogP contribution < -0.4 is 5.32 Å². The number of amides is 1. The van der Waals surface area contributed by atoms with Gasteiger partial charge in [0.25, 0.3) is 5.91 Å². The fraction of sp³-hybridized carbons (Fsp3) is 0.176. The third-order valence-corrected chi connectivity index (χ3v) is 3.65. The molecule has 0 spiro atoms. The minimum Gasteiger partial charge on any atom is -0.452 e. The van der Waals surface area contributed by atoms with E-state index in [1.807, 2.05) is 41.1 Å². The molecule has 22 heavy (non-hydrogen) atoms. The summed E-state index contributed by atoms with van der Waals surface area (Å²) in [6, 6.07) is 9.45. The molecule has 0 aliphatic rings. The van der Waals surface area contributed by atoms with Crippen LogP contribution in [0.3, 0.4) is 0 Å². The van der Waals surface area contributed by atoms with Crippen LogP contribution in [0.1, 0.15) is 18.1 Å². The van der Waals surface area contributed by atoms with Crippen molar-refractivity contribution in [3.63, 3.8) is 0 Å². The first kappa shape index (κ1) is 16.0. The fourth-order valence-corrected chi connectivity index (χ4v) is 2.37. The number of anilines is 1. The summed E-state index contributed by atoms with van der Waals surface area (Å²) in [5, 5.41) is 6.51. The van der Waals surface area contributed by atoms with Crippen LogP contribution in [-0.4, -0.2) is 18.5 Å². The highest BCUT2D eigenvalue weighted by Crippen LogP contribution is 2.10. The molecule has 1 aromatic carbocycles. The Balaban J connectivity index is 1.75. The minimum atomic E-state index is -0.539. The number of nitrogens with one attached hydrogen (secondary N) is 1. The molecule has 0 bridgehead atoms. The first-order valence-corrected chi connectivity index (χ1v) is 7.87. The molecule has 114 valence electrons. The lowest BCUT2D eigenvalue weighted by molar-refractivity contribution is -0.142. The lowest BCUT2D eigenvalue weighted by Gasteiger charge is -2.06. The largest absolute Gasteiger partial charge is 0.452 e. The van der Waals surface area contributed by atoms with Crippen LogP contribution >= 0.6 is 11.3 Å². The van der Waals surface area contributed by atoms with E-state index in [0.29, 0.717) is 5.69 Å². The van der Waals surface area contributed by atoms with E-state index in [-0.39, 0.29) is 12.5 Å². The number of hydrogen-bond acceptors (Lipinski definition) is 4. The van der Waals surface area contributed by atoms with E-state index in [9.17, 15) is 9.59 Å². The average molecular weight is 315 g/mol. The van der Waals surface area contributed by atoms with Crippen molar-refractivity contribution in [2.75, 3.05) is 11.9 Å². The molecule has 0 aliphatic heterocycles. The number of carbonyl (C=O) groups excluding carboxylic acids is 2. The van der Waals surface area contributed by atoms with E-state index in [4.69, 9.17) is 4.74 Å². The molecule has 4 nitrogen and oxygen atoms in total. The number of esters is 1. The van der Waals surface area contributed by atoms with Crippen molar-refractivity contribution in [3.05, 3.63) is 58.3 Å². The second kappa shape index (κ2) is 8.14. The van der Waals surface area contributed by atoms with Crippen molar-refractivity contribution >= 4 is 35.0 Å². The van der Waals surface area contributed by atoms with Gasteiger partial charge in [-0.15, -0.1) is 0 Å². The highest BCUT2D eigenvalue weighted by atomic mass is 32.1. The Labute approximate surface area is 133 Å². The van der Waals surface area contributed by atoms with Crippen LogP contribution in [0.2, 0.25) is 0 Å². The zero-order valence-corrected chi connectivity index (χ0v) is 13.1. The molecule has 1 N–H and O–H groups in total. The third kappa shape index (κ3) is 5.18. The van der Waals surface area contributed by atoms with Crippen LogP contribution in [0.5, 0.6) is 0 Å². The maximum Gasteiger partial charge on any atom is 0.331 e. The molecule has 1 heterocycles. The van der Waals surface area contributed by atoms with Gasteiger partial charge in [0.15, 0.2) is 6.61 Å². The van der Waals surface area contributed by atoms with Gasteiger partial charge in [-0.2, -0.15) is 11.3 Å². The zero-order chi connectivity index (χ0) is 15.8. The molecule has 0 fully saturated rings. The Morgan fingerprint density at radius 3 is 2.64 bits per heavy atom. The second-order valence-corrected chi connectivity index (χ2v) is 5.38. The van der Waals surface area contributed by atoms with Gasteiger partial charge in [-0.1, -0.05) is 19.1 Å². The summed E-state index contributed by atoms with van der Waals surface area (Å²) >= 11 is 1.55. The molecule has 2 rings (SSSR count). The van der Waals surface area contributed by atoms with Crippen LogP contribution in [0.15, 0.2) is 47.2 Å². The standard InChI is InChI=1S/C17H17NO3S/c1-2-13-3-6-15(7-4-13)18-16(19)11-21-17(20)8-5-14-9-10-22-12-14/h3-10,12H,2,11H2,1H3,(H,18,19)/b8-5+. The Kier molecular flexibility index (Phi) is 5.91. The van der Waals surface area contributed by atoms with Gasteiger partial charge in [-0.25, -0.2) is 4.79 Å². The topological polar surface area (TPSA) is 55.4 Å². The van der Waals surface area contributed by atoms with E-state index in [1.54, 1.807) is 17.4 Å². The number of carbonyl (C=O) groups is 2. The monoisotopic (exact) mass is 315 g/mol. The molecular weight excluding hydrogens is 298 g/mol. The van der Waals surface area contributed by atoms with Gasteiger partial charge in [-0.05, 0) is 52.6 Å². The van der Waals surface area contributed by atoms with Crippen LogP contribution in [-0.2, 0) is 20.7 Å². The molecular formula is C17H17NO3S. The Morgan fingerprint density at radius 2 is 2.00 bits per heavy atom. The summed E-state index contributed by atoms with van der Waals surface area (Å²) in [7, 11) is 0. The van der Waals surface area contributed by atoms with Crippen molar-refractivity contribution in [3.8, 4) is 0 Å². The molecule has 0 saturated carbocycles. The molecule has 1 amide bonds. The molecule has 2 aromatic rings. The van der Waals surface area contributed by atoms with Gasteiger partial charge in [0, 0.05) is 11.8 Å². The molecule has 5 heteroatoms. The number of thiophene rings is 1. The molecule has 0 saturated heterocycles. The summed E-state index contributed by atoms with van der Waals surface area (Å²) in [5.41, 5.74) is 2.82. The number of rotatable bonds is 6. The normalized spacial score (nSPS) is 10.6. The van der Waals surface area contributed by atoms with E-state index in [1.165, 1.54) is 11.6 Å². The maximum absolute atomic E-state index is 11.7. The zero-order valence-electron chi connectivity index (χ0n) is 12.2. The number of benzene rings is 1. The number of aryl methyl sites for hydroxylation is 1. The van der Waals surface area contributed by atoms with Crippen molar-refractivity contribution < 1.29 is 14.3 Å². The minimum absolute atomic E-state index is 0.303. The van der Waals surface area contributed by atoms with Gasteiger partial charge >= 0.3 is 5.97 Å². The van der Waals surface area contributed by atoms with Crippen LogP contribution in [0, 0.1) is 0 Å². The summed E-state index contributed by atoms with van der Waals surface area (Å²) in [6.07, 6.45) is 3.91. The summed E-state index contributed by atoms with van der Waals surface area (Å²) in [5.74, 6) is -0.899. The van der Waals surface area contributed by atoms with Crippen LogP contribution in [0.25, 0.3) is 6.08 Å². The lowest BCUT2D eigenvalue weighted by atomic mass is 10.1. The van der Waals surface area contributed by atoms with E-state index in [0.717, 1.165) is 12.0 Å². The summed E-state index contributed by atoms with van der Waals surface area (Å²) < 4.78 is 4.88. The SMILES string of the molecule is CCc1ccc(NC(=O)COC(=O)/C=C/c2ccsc2)cc1. The average Bonchev–Trinajstić information content (AvgIpc) is 3.05. The van der Waals surface area contributed by atoms with E-state index >= 15 is 0 Å². The number of hydrogen-bond donors (Lipinski definition) is 1. The van der Waals surface area contributed by atoms with Gasteiger partial charge < -0.3 is 10.1 Å². The molecule has 0 unspecified atom stereocenters. The Bertz CT molecular complexity index is 645. The van der Waals surface area contributed by atoms with Gasteiger partial charge in [0.1, 0.15) is 0 Å². The molecule has 1 aromatic heterocycles. The van der Waals surface area contributed by atoms with Gasteiger partial charge in [-0.3, -0.25) is 4.79 Å². The number of ether oxygens (including phenoxy) is 1. The Hall–Kier alpha value is -2.40. The second-order valence-electron chi connectivity index (χ2n) is 4.60. The van der Waals surface area contributed by atoms with Crippen molar-refractivity contribution in [2.45, 2.75) is 13.3 Å². The third-order valence-electron chi connectivity index (χ3n) is 2.95. The fourth-order valence-electron chi connectivity index (χ4n) is 1.74. The predicted octanol–water partition coefficient (Wildman–Crippen LogP) is 3.51. The first-order valence-electron chi connectivity index (χ1n) is 6.93. The lowest BCUT2D eigenvalue weighted by Crippen LogP contribution is -2.20. The smallest absolute Gasteiger partial charge is 0.331 e. The summed E-state index contributed by atoms with van der Waals surface area (Å²) in [6.45, 7) is 1.76. The molecule has 0 radical (unpaired) electrons. The summed E-state index contributed by atoms with van der Waals surface area (Å²) in [4.78, 5) is 23.2. The maximum atomic E-state index is 11.7. The van der Waals surface area contributed by atoms with Crippen molar-refractivity contribution in [1.82, 2.24) is 0 Å². The van der Waals surface area contributed by atoms with Gasteiger partial charge in [0.05, 0.1) is 0 Å². The van der Waals surface area contributed by atoms with E-state index < -0.39 is 5.97 Å². The first-order chi connectivity index (χ1) is 10.7. The van der Waals surface area contributed by atoms with Crippen molar-refractivity contribution in [2.24, 2.45) is 0 Å². The molecule has 0 aliphatic carbocycles. The van der Waals surface area contributed by atoms with E-state index in [2.05, 4.69) is 12.2 Å². The van der Waals surface area contributed by atoms with Crippen LogP contribution in [0.4, 0.5) is 5.69 Å². The Morgan fingerprint density at radius 1 is 1.23 bits per heavy atom. The highest BCUT2D eigenvalue weighted by molar-refractivity contribution is 7.08. The predicted molar refractivity (Wildman–Crippen MR) is 88.8 cm³/mol. The highest BCUT2D eigenvalue weighted by Gasteiger charge is 2.05. The van der Waals surface area contributed by atoms with Crippen molar-refractivity contribution in [1.29, 1.82) is 0 Å².